The fraction of sp³-hybridized carbons (Fsp3) is 0.643. The zero-order valence-electron chi connectivity index (χ0n) is 13.2. The van der Waals surface area contributed by atoms with Crippen molar-refractivity contribution in [3.63, 3.8) is 0 Å². The van der Waals surface area contributed by atoms with Gasteiger partial charge in [0.25, 0.3) is 0 Å². The highest BCUT2D eigenvalue weighted by atomic mass is 16.6. The van der Waals surface area contributed by atoms with Gasteiger partial charge in [-0.15, -0.1) is 0 Å². The van der Waals surface area contributed by atoms with Crippen molar-refractivity contribution in [2.24, 2.45) is 0 Å². The second-order valence-electron chi connectivity index (χ2n) is 5.59. The van der Waals surface area contributed by atoms with Crippen LogP contribution in [-0.4, -0.2) is 52.2 Å². The summed E-state index contributed by atoms with van der Waals surface area (Å²) < 4.78 is 10.1. The number of rotatable bonds is 5. The minimum atomic E-state index is -0.754. The number of aromatic amines is 1. The van der Waals surface area contributed by atoms with Crippen LogP contribution in [0.1, 0.15) is 33.4 Å². The van der Waals surface area contributed by atoms with E-state index in [1.165, 1.54) is 18.3 Å². The van der Waals surface area contributed by atoms with Gasteiger partial charge in [-0.3, -0.25) is 4.90 Å². The Morgan fingerprint density at radius 3 is 2.52 bits per heavy atom. The number of H-pyrrole nitrogens is 1. The van der Waals surface area contributed by atoms with E-state index < -0.39 is 23.7 Å². The average molecular weight is 297 g/mol. The summed E-state index contributed by atoms with van der Waals surface area (Å²) in [4.78, 5) is 32.4. The maximum atomic E-state index is 12.3. The highest BCUT2D eigenvalue weighted by Gasteiger charge is 2.33. The summed E-state index contributed by atoms with van der Waals surface area (Å²) in [6.45, 7) is 7.46. The first-order chi connectivity index (χ1) is 9.78. The summed E-state index contributed by atoms with van der Waals surface area (Å²) in [5.41, 5.74) is 0.117. The van der Waals surface area contributed by atoms with Crippen LogP contribution in [0, 0.1) is 0 Å². The molecule has 1 rings (SSSR count). The van der Waals surface area contributed by atoms with Crippen molar-refractivity contribution in [1.82, 2.24) is 14.9 Å². The van der Waals surface area contributed by atoms with E-state index in [4.69, 9.17) is 9.47 Å². The molecule has 0 aliphatic rings. The zero-order chi connectivity index (χ0) is 16.0. The molecule has 1 aromatic rings. The number of nitrogens with one attached hydrogen (secondary N) is 1. The summed E-state index contributed by atoms with van der Waals surface area (Å²) >= 11 is 0. The highest BCUT2D eigenvalue weighted by molar-refractivity contribution is 5.81. The molecule has 7 nitrogen and oxygen atoms in total. The van der Waals surface area contributed by atoms with E-state index in [2.05, 4.69) is 9.97 Å². The number of nitrogens with zero attached hydrogens (tertiary/aromatic N) is 2. The molecule has 1 aromatic heterocycles. The Morgan fingerprint density at radius 2 is 2.10 bits per heavy atom. The number of likely N-dealkylation sites (N-methyl/N-ethyl adjacent to an activating group) is 1. The SMILES string of the molecule is CCN(C(=O)OC(C)(C)C)[C@@H](Cc1cnc[nH]1)C(=O)OC. The van der Waals surface area contributed by atoms with Gasteiger partial charge < -0.3 is 14.5 Å². The second-order valence-corrected chi connectivity index (χ2v) is 5.59. The van der Waals surface area contributed by atoms with Crippen LogP contribution in [0.5, 0.6) is 0 Å². The van der Waals surface area contributed by atoms with Gasteiger partial charge in [-0.25, -0.2) is 14.6 Å². The normalized spacial score (nSPS) is 12.6. The third-order valence-electron chi connectivity index (χ3n) is 2.79. The van der Waals surface area contributed by atoms with E-state index in [1.54, 1.807) is 33.9 Å². The molecule has 1 amide bonds. The maximum absolute atomic E-state index is 12.3. The molecule has 118 valence electrons. The number of carbonyl (C=O) groups is 2. The lowest BCUT2D eigenvalue weighted by Gasteiger charge is -2.31. The van der Waals surface area contributed by atoms with E-state index in [-0.39, 0.29) is 0 Å². The largest absolute Gasteiger partial charge is 0.467 e. The minimum absolute atomic E-state index is 0.291. The van der Waals surface area contributed by atoms with Gasteiger partial charge in [0.05, 0.1) is 13.4 Å². The summed E-state index contributed by atoms with van der Waals surface area (Å²) in [5.74, 6) is -0.489. The summed E-state index contributed by atoms with van der Waals surface area (Å²) in [6, 6.07) is -0.754. The first-order valence-electron chi connectivity index (χ1n) is 6.83. The Balaban J connectivity index is 2.92. The lowest BCUT2D eigenvalue weighted by atomic mass is 10.1. The quantitative estimate of drug-likeness (QED) is 0.837. The molecule has 0 aromatic carbocycles. The van der Waals surface area contributed by atoms with Gasteiger partial charge in [0.2, 0.25) is 0 Å². The Hall–Kier alpha value is -2.05. The number of ether oxygens (including phenoxy) is 2. The molecule has 1 heterocycles. The first-order valence-corrected chi connectivity index (χ1v) is 6.83. The fourth-order valence-electron chi connectivity index (χ4n) is 1.86. The molecule has 0 radical (unpaired) electrons. The van der Waals surface area contributed by atoms with E-state index in [0.29, 0.717) is 13.0 Å². The number of hydrogen-bond acceptors (Lipinski definition) is 5. The molecule has 0 aliphatic heterocycles. The van der Waals surface area contributed by atoms with Gasteiger partial charge >= 0.3 is 12.1 Å². The predicted molar refractivity (Wildman–Crippen MR) is 76.7 cm³/mol. The monoisotopic (exact) mass is 297 g/mol. The van der Waals surface area contributed by atoms with Gasteiger partial charge in [0.15, 0.2) is 0 Å². The molecule has 7 heteroatoms. The van der Waals surface area contributed by atoms with Crippen LogP contribution in [0.3, 0.4) is 0 Å². The molecule has 1 atom stereocenters. The number of aromatic nitrogens is 2. The van der Waals surface area contributed by atoms with Crippen molar-refractivity contribution < 1.29 is 19.1 Å². The number of esters is 1. The van der Waals surface area contributed by atoms with E-state index in [1.807, 2.05) is 0 Å². The predicted octanol–water partition coefficient (Wildman–Crippen LogP) is 1.75. The first kappa shape index (κ1) is 17.0. The Labute approximate surface area is 124 Å². The number of imidazole rings is 1. The van der Waals surface area contributed by atoms with Crippen molar-refractivity contribution in [3.8, 4) is 0 Å². The molecule has 0 saturated heterocycles. The highest BCUT2D eigenvalue weighted by Crippen LogP contribution is 2.15. The fourth-order valence-corrected chi connectivity index (χ4v) is 1.86. The van der Waals surface area contributed by atoms with Crippen molar-refractivity contribution >= 4 is 12.1 Å². The van der Waals surface area contributed by atoms with Gasteiger partial charge in [0, 0.05) is 24.9 Å². The molecular weight excluding hydrogens is 274 g/mol. The van der Waals surface area contributed by atoms with Crippen molar-refractivity contribution in [2.75, 3.05) is 13.7 Å². The number of hydrogen-bond donors (Lipinski definition) is 1. The zero-order valence-corrected chi connectivity index (χ0v) is 13.2. The topological polar surface area (TPSA) is 84.5 Å². The summed E-state index contributed by atoms with van der Waals surface area (Å²) in [6.07, 6.45) is 2.88. The van der Waals surface area contributed by atoms with E-state index in [0.717, 1.165) is 5.69 Å². The minimum Gasteiger partial charge on any atom is -0.467 e. The Morgan fingerprint density at radius 1 is 1.43 bits per heavy atom. The number of carbonyl (C=O) groups excluding carboxylic acids is 2. The van der Waals surface area contributed by atoms with Gasteiger partial charge in [0.1, 0.15) is 11.6 Å². The molecule has 0 aliphatic carbocycles. The second kappa shape index (κ2) is 7.10. The molecule has 21 heavy (non-hydrogen) atoms. The average Bonchev–Trinajstić information content (AvgIpc) is 2.88. The van der Waals surface area contributed by atoms with Crippen LogP contribution in [0.15, 0.2) is 12.5 Å². The van der Waals surface area contributed by atoms with Gasteiger partial charge in [-0.2, -0.15) is 0 Å². The summed E-state index contributed by atoms with van der Waals surface area (Å²) in [7, 11) is 1.30. The van der Waals surface area contributed by atoms with Crippen molar-refractivity contribution in [1.29, 1.82) is 0 Å². The number of methoxy groups -OCH3 is 1. The lowest BCUT2D eigenvalue weighted by Crippen LogP contribution is -2.48. The van der Waals surface area contributed by atoms with Crippen LogP contribution >= 0.6 is 0 Å². The maximum Gasteiger partial charge on any atom is 0.411 e. The van der Waals surface area contributed by atoms with E-state index >= 15 is 0 Å². The van der Waals surface area contributed by atoms with Gasteiger partial charge in [-0.05, 0) is 27.7 Å². The van der Waals surface area contributed by atoms with Crippen LogP contribution < -0.4 is 0 Å². The smallest absolute Gasteiger partial charge is 0.411 e. The third kappa shape index (κ3) is 5.09. The van der Waals surface area contributed by atoms with Crippen molar-refractivity contribution in [2.45, 2.75) is 45.8 Å². The molecule has 1 N–H and O–H groups in total. The third-order valence-corrected chi connectivity index (χ3v) is 2.79. The molecule has 0 bridgehead atoms. The lowest BCUT2D eigenvalue weighted by molar-refractivity contribution is -0.146. The van der Waals surface area contributed by atoms with Crippen LogP contribution in [0.4, 0.5) is 4.79 Å². The van der Waals surface area contributed by atoms with E-state index in [9.17, 15) is 9.59 Å². The molecule has 0 saturated carbocycles. The Kier molecular flexibility index (Phi) is 5.75. The van der Waals surface area contributed by atoms with Crippen LogP contribution in [0.25, 0.3) is 0 Å². The molecule has 0 spiro atoms. The molecular formula is C14H23N3O4. The van der Waals surface area contributed by atoms with Crippen LogP contribution in [-0.2, 0) is 20.7 Å². The number of amides is 1. The van der Waals surface area contributed by atoms with Crippen LogP contribution in [0.2, 0.25) is 0 Å². The van der Waals surface area contributed by atoms with Gasteiger partial charge in [-0.1, -0.05) is 0 Å². The summed E-state index contributed by atoms with van der Waals surface area (Å²) in [5, 5.41) is 0. The molecule has 0 fully saturated rings. The Bertz CT molecular complexity index is 465. The standard InChI is InChI=1S/C14H23N3O4/c1-6-17(13(19)21-14(2,3)4)11(12(18)20-5)7-10-8-15-9-16-10/h8-9,11H,6-7H2,1-5H3,(H,15,16)/t11-/m0/s1. The van der Waals surface area contributed by atoms with Crippen molar-refractivity contribution in [3.05, 3.63) is 18.2 Å². The molecule has 0 unspecified atom stereocenters.